The number of rotatable bonds is 4. The highest BCUT2D eigenvalue weighted by atomic mass is 79.9. The van der Waals surface area contributed by atoms with Gasteiger partial charge in [0.1, 0.15) is 12.4 Å². The highest BCUT2D eigenvalue weighted by Crippen LogP contribution is 2.31. The fourth-order valence-electron chi connectivity index (χ4n) is 1.57. The third kappa shape index (κ3) is 3.11. The zero-order valence-electron chi connectivity index (χ0n) is 9.98. The molecule has 0 N–H and O–H groups in total. The topological polar surface area (TPSA) is 52.4 Å². The van der Waals surface area contributed by atoms with Crippen LogP contribution in [0, 0.1) is 21.7 Å². The largest absolute Gasteiger partial charge is 0.480 e. The van der Waals surface area contributed by atoms with Gasteiger partial charge >= 0.3 is 5.69 Å². The number of hydrogen-bond donors (Lipinski definition) is 0. The summed E-state index contributed by atoms with van der Waals surface area (Å²) in [4.78, 5) is 10.1. The fourth-order valence-corrected chi connectivity index (χ4v) is 2.04. The lowest BCUT2D eigenvalue weighted by Gasteiger charge is -2.09. The number of benzene rings is 2. The molecule has 0 aliphatic heterocycles. The maximum Gasteiger partial charge on any atom is 0.314 e. The normalized spacial score (nSPS) is 10.3. The van der Waals surface area contributed by atoms with Gasteiger partial charge in [-0.25, -0.2) is 8.78 Å². The van der Waals surface area contributed by atoms with Crippen LogP contribution < -0.4 is 4.74 Å². The average Bonchev–Trinajstić information content (AvgIpc) is 2.38. The second-order valence-corrected chi connectivity index (χ2v) is 4.72. The molecule has 0 fully saturated rings. The van der Waals surface area contributed by atoms with E-state index in [4.69, 9.17) is 4.74 Å². The maximum atomic E-state index is 13.6. The van der Waals surface area contributed by atoms with Gasteiger partial charge in [-0.2, -0.15) is 0 Å². The van der Waals surface area contributed by atoms with E-state index in [0.29, 0.717) is 10.0 Å². The summed E-state index contributed by atoms with van der Waals surface area (Å²) in [5, 5.41) is 10.8. The van der Waals surface area contributed by atoms with Crippen LogP contribution in [0.15, 0.2) is 40.9 Å². The first-order chi connectivity index (χ1) is 9.49. The van der Waals surface area contributed by atoms with Crippen LogP contribution >= 0.6 is 15.9 Å². The monoisotopic (exact) mass is 343 g/mol. The average molecular weight is 344 g/mol. The Morgan fingerprint density at radius 2 is 2.00 bits per heavy atom. The van der Waals surface area contributed by atoms with Crippen molar-refractivity contribution in [3.8, 4) is 5.75 Å². The molecule has 7 heteroatoms. The summed E-state index contributed by atoms with van der Waals surface area (Å²) >= 11 is 3.14. The van der Waals surface area contributed by atoms with E-state index in [1.807, 2.05) is 0 Å². The first-order valence-electron chi connectivity index (χ1n) is 5.48. The number of nitrogens with zero attached hydrogens (tertiary/aromatic N) is 1. The molecule has 2 aromatic rings. The predicted molar refractivity (Wildman–Crippen MR) is 71.5 cm³/mol. The standard InChI is InChI=1S/C13H8BrF2NO3/c14-10-6-9(15)5-4-8(10)7-20-13-11(16)2-1-3-12(13)17(18)19/h1-6H,7H2. The Labute approximate surface area is 121 Å². The summed E-state index contributed by atoms with van der Waals surface area (Å²) < 4.78 is 32.1. The van der Waals surface area contributed by atoms with E-state index in [2.05, 4.69) is 15.9 Å². The van der Waals surface area contributed by atoms with Gasteiger partial charge < -0.3 is 4.74 Å². The summed E-state index contributed by atoms with van der Waals surface area (Å²) in [5.41, 5.74) is 0.0900. The Balaban J connectivity index is 2.25. The van der Waals surface area contributed by atoms with Crippen molar-refractivity contribution >= 4 is 21.6 Å². The summed E-state index contributed by atoms with van der Waals surface area (Å²) in [7, 11) is 0. The van der Waals surface area contributed by atoms with Gasteiger partial charge in [-0.1, -0.05) is 28.1 Å². The Hall–Kier alpha value is -2.02. The molecule has 0 aliphatic rings. The van der Waals surface area contributed by atoms with Crippen molar-refractivity contribution in [3.63, 3.8) is 0 Å². The van der Waals surface area contributed by atoms with Crippen LogP contribution in [-0.4, -0.2) is 4.92 Å². The number of hydrogen-bond acceptors (Lipinski definition) is 3. The Kier molecular flexibility index (Phi) is 4.29. The first-order valence-corrected chi connectivity index (χ1v) is 6.28. The first kappa shape index (κ1) is 14.4. The van der Waals surface area contributed by atoms with Crippen molar-refractivity contribution < 1.29 is 18.4 Å². The van der Waals surface area contributed by atoms with Crippen molar-refractivity contribution in [1.29, 1.82) is 0 Å². The minimum Gasteiger partial charge on any atom is -0.480 e. The maximum absolute atomic E-state index is 13.6. The van der Waals surface area contributed by atoms with Crippen LogP contribution in [0.1, 0.15) is 5.56 Å². The van der Waals surface area contributed by atoms with E-state index in [-0.39, 0.29) is 6.61 Å². The number of nitro benzene ring substituents is 1. The molecular weight excluding hydrogens is 336 g/mol. The molecule has 0 spiro atoms. The molecule has 0 aliphatic carbocycles. The fraction of sp³-hybridized carbons (Fsp3) is 0.0769. The molecule has 0 radical (unpaired) electrons. The molecule has 0 saturated heterocycles. The molecule has 0 bridgehead atoms. The Morgan fingerprint density at radius 3 is 2.65 bits per heavy atom. The van der Waals surface area contributed by atoms with E-state index in [1.165, 1.54) is 24.3 Å². The quantitative estimate of drug-likeness (QED) is 0.617. The molecule has 2 rings (SSSR count). The molecule has 0 unspecified atom stereocenters. The predicted octanol–water partition coefficient (Wildman–Crippen LogP) is 4.21. The molecule has 0 amide bonds. The van der Waals surface area contributed by atoms with E-state index < -0.39 is 28.0 Å². The second-order valence-electron chi connectivity index (χ2n) is 3.87. The van der Waals surface area contributed by atoms with Crippen molar-refractivity contribution in [2.45, 2.75) is 6.61 Å². The zero-order chi connectivity index (χ0) is 14.7. The van der Waals surface area contributed by atoms with Crippen LogP contribution in [0.2, 0.25) is 0 Å². The Morgan fingerprint density at radius 1 is 1.25 bits per heavy atom. The van der Waals surface area contributed by atoms with Gasteiger partial charge in [0, 0.05) is 16.1 Å². The van der Waals surface area contributed by atoms with E-state index in [0.717, 1.165) is 12.1 Å². The molecule has 0 aromatic heterocycles. The SMILES string of the molecule is O=[N+]([O-])c1cccc(F)c1OCc1ccc(F)cc1Br. The van der Waals surface area contributed by atoms with E-state index in [1.54, 1.807) is 0 Å². The Bertz CT molecular complexity index is 664. The minimum absolute atomic E-state index is 0.122. The third-order valence-corrected chi connectivity index (χ3v) is 3.27. The van der Waals surface area contributed by atoms with Crippen LogP contribution in [0.25, 0.3) is 0 Å². The van der Waals surface area contributed by atoms with Gasteiger partial charge in [0.05, 0.1) is 4.92 Å². The van der Waals surface area contributed by atoms with E-state index >= 15 is 0 Å². The number of para-hydroxylation sites is 1. The molecule has 2 aromatic carbocycles. The molecule has 4 nitrogen and oxygen atoms in total. The molecule has 0 heterocycles. The third-order valence-electron chi connectivity index (χ3n) is 2.53. The van der Waals surface area contributed by atoms with Crippen LogP contribution in [0.4, 0.5) is 14.5 Å². The lowest BCUT2D eigenvalue weighted by atomic mass is 10.2. The smallest absolute Gasteiger partial charge is 0.314 e. The lowest BCUT2D eigenvalue weighted by molar-refractivity contribution is -0.386. The van der Waals surface area contributed by atoms with Gasteiger partial charge in [0.2, 0.25) is 5.75 Å². The zero-order valence-corrected chi connectivity index (χ0v) is 11.6. The van der Waals surface area contributed by atoms with Crippen LogP contribution in [0.5, 0.6) is 5.75 Å². The van der Waals surface area contributed by atoms with E-state index in [9.17, 15) is 18.9 Å². The molecular formula is C13H8BrF2NO3. The highest BCUT2D eigenvalue weighted by molar-refractivity contribution is 9.10. The van der Waals surface area contributed by atoms with Gasteiger partial charge in [0.15, 0.2) is 5.82 Å². The molecule has 0 atom stereocenters. The molecule has 20 heavy (non-hydrogen) atoms. The van der Waals surface area contributed by atoms with Gasteiger partial charge in [-0.05, 0) is 18.2 Å². The minimum atomic E-state index is -0.822. The lowest BCUT2D eigenvalue weighted by Crippen LogP contribution is -2.02. The summed E-state index contributed by atoms with van der Waals surface area (Å²) in [6.45, 7) is -0.122. The van der Waals surface area contributed by atoms with Crippen molar-refractivity contribution in [1.82, 2.24) is 0 Å². The molecule has 104 valence electrons. The van der Waals surface area contributed by atoms with Crippen molar-refractivity contribution in [2.24, 2.45) is 0 Å². The van der Waals surface area contributed by atoms with Gasteiger partial charge in [-0.3, -0.25) is 10.1 Å². The number of nitro groups is 1. The highest BCUT2D eigenvalue weighted by Gasteiger charge is 2.19. The summed E-state index contributed by atoms with van der Waals surface area (Å²) in [6, 6.07) is 7.36. The van der Waals surface area contributed by atoms with Gasteiger partial charge in [0.25, 0.3) is 0 Å². The van der Waals surface area contributed by atoms with Crippen molar-refractivity contribution in [2.75, 3.05) is 0 Å². The summed E-state index contributed by atoms with van der Waals surface area (Å²) in [5.74, 6) is -1.69. The number of halogens is 3. The van der Waals surface area contributed by atoms with Crippen molar-refractivity contribution in [3.05, 3.63) is 68.2 Å². The van der Waals surface area contributed by atoms with Crippen LogP contribution in [0.3, 0.4) is 0 Å². The number of ether oxygens (including phenoxy) is 1. The second kappa shape index (κ2) is 5.96. The van der Waals surface area contributed by atoms with Crippen LogP contribution in [-0.2, 0) is 6.61 Å². The summed E-state index contributed by atoms with van der Waals surface area (Å²) in [6.07, 6.45) is 0. The van der Waals surface area contributed by atoms with Gasteiger partial charge in [-0.15, -0.1) is 0 Å². The molecule has 0 saturated carbocycles.